The van der Waals surface area contributed by atoms with E-state index in [-0.39, 0.29) is 5.75 Å². The predicted molar refractivity (Wildman–Crippen MR) is 86.6 cm³/mol. The van der Waals surface area contributed by atoms with Gasteiger partial charge in [-0.2, -0.15) is 0 Å². The largest absolute Gasteiger partial charge is 0.507 e. The SMILES string of the molecule is Oc1ccccc1-c1cccc(Oc2[c]cccc2)c1Br. The molecule has 0 bridgehead atoms. The molecule has 0 spiro atoms. The van der Waals surface area contributed by atoms with E-state index in [1.807, 2.05) is 48.5 Å². The number of hydrogen-bond donors (Lipinski definition) is 1. The van der Waals surface area contributed by atoms with E-state index in [1.54, 1.807) is 18.2 Å². The van der Waals surface area contributed by atoms with Gasteiger partial charge in [-0.1, -0.05) is 48.5 Å². The van der Waals surface area contributed by atoms with Gasteiger partial charge < -0.3 is 9.84 Å². The third-order valence-electron chi connectivity index (χ3n) is 3.06. The molecule has 0 aliphatic carbocycles. The molecule has 1 N–H and O–H groups in total. The standard InChI is InChI=1S/C18H12BrO2/c19-18-15(14-9-4-5-11-16(14)20)10-6-12-17(18)21-13-7-2-1-3-8-13/h1-7,9-12,20H. The van der Waals surface area contributed by atoms with Crippen molar-refractivity contribution in [1.29, 1.82) is 0 Å². The summed E-state index contributed by atoms with van der Waals surface area (Å²) in [6, 6.07) is 23.4. The summed E-state index contributed by atoms with van der Waals surface area (Å²) < 4.78 is 6.62. The Kier molecular flexibility index (Phi) is 3.93. The Balaban J connectivity index is 2.02. The number of para-hydroxylation sites is 2. The van der Waals surface area contributed by atoms with Crippen LogP contribution < -0.4 is 4.74 Å². The molecule has 3 heteroatoms. The summed E-state index contributed by atoms with van der Waals surface area (Å²) in [4.78, 5) is 0. The molecule has 103 valence electrons. The van der Waals surface area contributed by atoms with Crippen LogP contribution in [0.5, 0.6) is 17.2 Å². The number of phenols is 1. The molecule has 0 saturated heterocycles. The highest BCUT2D eigenvalue weighted by Crippen LogP contribution is 2.40. The summed E-state index contributed by atoms with van der Waals surface area (Å²) in [7, 11) is 0. The highest BCUT2D eigenvalue weighted by atomic mass is 79.9. The van der Waals surface area contributed by atoms with E-state index in [1.165, 1.54) is 0 Å². The zero-order valence-electron chi connectivity index (χ0n) is 11.1. The van der Waals surface area contributed by atoms with Gasteiger partial charge in [-0.05, 0) is 34.1 Å². The van der Waals surface area contributed by atoms with E-state index >= 15 is 0 Å². The number of aromatic hydroxyl groups is 1. The Hall–Kier alpha value is -2.26. The van der Waals surface area contributed by atoms with Crippen molar-refractivity contribution in [3.05, 3.63) is 77.3 Å². The van der Waals surface area contributed by atoms with Gasteiger partial charge in [0.2, 0.25) is 0 Å². The minimum atomic E-state index is 0.238. The molecule has 0 heterocycles. The van der Waals surface area contributed by atoms with E-state index in [0.29, 0.717) is 11.5 Å². The molecule has 21 heavy (non-hydrogen) atoms. The Morgan fingerprint density at radius 2 is 1.62 bits per heavy atom. The van der Waals surface area contributed by atoms with Crippen molar-refractivity contribution in [2.75, 3.05) is 0 Å². The summed E-state index contributed by atoms with van der Waals surface area (Å²) in [5.74, 6) is 1.56. The Labute approximate surface area is 131 Å². The fourth-order valence-electron chi connectivity index (χ4n) is 2.06. The van der Waals surface area contributed by atoms with Crippen molar-refractivity contribution in [2.24, 2.45) is 0 Å². The molecule has 0 fully saturated rings. The molecule has 0 amide bonds. The number of phenolic OH excluding ortho intramolecular Hbond substituents is 1. The van der Waals surface area contributed by atoms with Gasteiger partial charge in [0.25, 0.3) is 0 Å². The maximum Gasteiger partial charge on any atom is 0.142 e. The van der Waals surface area contributed by atoms with Crippen LogP contribution in [-0.4, -0.2) is 5.11 Å². The first-order valence-corrected chi connectivity index (χ1v) is 7.26. The number of benzene rings is 3. The zero-order chi connectivity index (χ0) is 14.7. The molecule has 0 unspecified atom stereocenters. The van der Waals surface area contributed by atoms with Crippen LogP contribution >= 0.6 is 15.9 Å². The van der Waals surface area contributed by atoms with Gasteiger partial charge in [-0.25, -0.2) is 0 Å². The van der Waals surface area contributed by atoms with Crippen LogP contribution in [-0.2, 0) is 0 Å². The lowest BCUT2D eigenvalue weighted by atomic mass is 10.0. The van der Waals surface area contributed by atoms with Gasteiger partial charge in [0.05, 0.1) is 4.47 Å². The van der Waals surface area contributed by atoms with Crippen molar-refractivity contribution in [1.82, 2.24) is 0 Å². The second kappa shape index (κ2) is 6.02. The monoisotopic (exact) mass is 339 g/mol. The van der Waals surface area contributed by atoms with E-state index in [0.717, 1.165) is 15.6 Å². The second-order valence-corrected chi connectivity index (χ2v) is 5.26. The average molecular weight is 340 g/mol. The normalized spacial score (nSPS) is 10.3. The van der Waals surface area contributed by atoms with Gasteiger partial charge in [0.15, 0.2) is 0 Å². The molecule has 3 aromatic rings. The number of rotatable bonds is 3. The zero-order valence-corrected chi connectivity index (χ0v) is 12.7. The molecule has 0 aliphatic heterocycles. The van der Waals surface area contributed by atoms with Crippen LogP contribution in [0.4, 0.5) is 0 Å². The van der Waals surface area contributed by atoms with Crippen molar-refractivity contribution in [3.63, 3.8) is 0 Å². The maximum absolute atomic E-state index is 10.0. The smallest absolute Gasteiger partial charge is 0.142 e. The molecule has 0 aliphatic rings. The minimum Gasteiger partial charge on any atom is -0.507 e. The highest BCUT2D eigenvalue weighted by Gasteiger charge is 2.12. The van der Waals surface area contributed by atoms with Gasteiger partial charge in [-0.3, -0.25) is 0 Å². The quantitative estimate of drug-likeness (QED) is 0.690. The van der Waals surface area contributed by atoms with Crippen molar-refractivity contribution in [2.45, 2.75) is 0 Å². The lowest BCUT2D eigenvalue weighted by molar-refractivity contribution is 0.475. The van der Waals surface area contributed by atoms with Crippen LogP contribution in [0.1, 0.15) is 0 Å². The number of ether oxygens (including phenoxy) is 1. The molecule has 3 aromatic carbocycles. The molecule has 1 radical (unpaired) electrons. The second-order valence-electron chi connectivity index (χ2n) is 4.46. The lowest BCUT2D eigenvalue weighted by Crippen LogP contribution is -1.88. The first-order chi connectivity index (χ1) is 10.3. The summed E-state index contributed by atoms with van der Waals surface area (Å²) in [6.07, 6.45) is 0. The predicted octanol–water partition coefficient (Wildman–Crippen LogP) is 5.41. The molecule has 0 atom stereocenters. The minimum absolute atomic E-state index is 0.238. The van der Waals surface area contributed by atoms with E-state index in [2.05, 4.69) is 22.0 Å². The third-order valence-corrected chi connectivity index (χ3v) is 3.88. The van der Waals surface area contributed by atoms with E-state index in [4.69, 9.17) is 4.74 Å². The molecule has 3 rings (SSSR count). The summed E-state index contributed by atoms with van der Waals surface area (Å²) in [5, 5.41) is 10.0. The van der Waals surface area contributed by atoms with Crippen molar-refractivity contribution >= 4 is 15.9 Å². The Morgan fingerprint density at radius 1 is 0.857 bits per heavy atom. The van der Waals surface area contributed by atoms with E-state index < -0.39 is 0 Å². The average Bonchev–Trinajstić information content (AvgIpc) is 2.51. The van der Waals surface area contributed by atoms with Crippen molar-refractivity contribution < 1.29 is 9.84 Å². The lowest BCUT2D eigenvalue weighted by Gasteiger charge is -2.12. The number of hydrogen-bond acceptors (Lipinski definition) is 2. The van der Waals surface area contributed by atoms with Gasteiger partial charge in [0, 0.05) is 17.2 Å². The van der Waals surface area contributed by atoms with Gasteiger partial charge in [-0.15, -0.1) is 0 Å². The first-order valence-electron chi connectivity index (χ1n) is 6.47. The summed E-state index contributed by atoms with van der Waals surface area (Å²) in [5.41, 5.74) is 1.63. The third kappa shape index (κ3) is 2.93. The van der Waals surface area contributed by atoms with Crippen molar-refractivity contribution in [3.8, 4) is 28.4 Å². The molecule has 2 nitrogen and oxygen atoms in total. The Bertz CT molecular complexity index is 754. The Morgan fingerprint density at radius 3 is 2.38 bits per heavy atom. The molecular formula is C18H12BrO2. The number of halogens is 1. The van der Waals surface area contributed by atoms with Crippen LogP contribution in [0.3, 0.4) is 0 Å². The molecular weight excluding hydrogens is 328 g/mol. The van der Waals surface area contributed by atoms with E-state index in [9.17, 15) is 5.11 Å². The summed E-state index contributed by atoms with van der Waals surface area (Å²) in [6.45, 7) is 0. The fraction of sp³-hybridized carbons (Fsp3) is 0. The van der Waals surface area contributed by atoms with Gasteiger partial charge in [0.1, 0.15) is 17.2 Å². The molecule has 0 aromatic heterocycles. The highest BCUT2D eigenvalue weighted by molar-refractivity contribution is 9.10. The summed E-state index contributed by atoms with van der Waals surface area (Å²) >= 11 is 3.56. The molecule has 0 saturated carbocycles. The van der Waals surface area contributed by atoms with Crippen LogP contribution in [0, 0.1) is 6.07 Å². The maximum atomic E-state index is 10.0. The van der Waals surface area contributed by atoms with Crippen LogP contribution in [0.25, 0.3) is 11.1 Å². The van der Waals surface area contributed by atoms with Crippen LogP contribution in [0.15, 0.2) is 71.2 Å². The fourth-order valence-corrected chi connectivity index (χ4v) is 2.62. The first kappa shape index (κ1) is 13.7. The van der Waals surface area contributed by atoms with Gasteiger partial charge >= 0.3 is 0 Å². The topological polar surface area (TPSA) is 29.5 Å². The van der Waals surface area contributed by atoms with Crippen LogP contribution in [0.2, 0.25) is 0 Å².